The van der Waals surface area contributed by atoms with E-state index in [0.29, 0.717) is 17.5 Å². The van der Waals surface area contributed by atoms with Crippen molar-refractivity contribution in [2.45, 2.75) is 0 Å². The van der Waals surface area contributed by atoms with Crippen molar-refractivity contribution in [1.29, 1.82) is 0 Å². The first-order valence-corrected chi connectivity index (χ1v) is 18.7. The van der Waals surface area contributed by atoms with Gasteiger partial charge in [0.25, 0.3) is 0 Å². The van der Waals surface area contributed by atoms with Crippen LogP contribution in [0, 0.1) is 0 Å². The minimum Gasteiger partial charge on any atom is -0.309 e. The van der Waals surface area contributed by atoms with Gasteiger partial charge in [-0.1, -0.05) is 133 Å². The van der Waals surface area contributed by atoms with E-state index in [4.69, 9.17) is 19.9 Å². The lowest BCUT2D eigenvalue weighted by atomic mass is 10.0. The Labute approximate surface area is 322 Å². The van der Waals surface area contributed by atoms with Gasteiger partial charge in [-0.3, -0.25) is 4.98 Å². The molecule has 0 aliphatic rings. The molecule has 0 aliphatic carbocycles. The fourth-order valence-electron chi connectivity index (χ4n) is 8.10. The zero-order chi connectivity index (χ0) is 37.0. The Morgan fingerprint density at radius 3 is 1.66 bits per heavy atom. The van der Waals surface area contributed by atoms with Crippen LogP contribution in [-0.2, 0) is 0 Å². The van der Waals surface area contributed by atoms with E-state index in [2.05, 4.69) is 130 Å². The van der Waals surface area contributed by atoms with E-state index in [0.717, 1.165) is 55.6 Å². The molecule has 11 aromatic rings. The topological polar surface area (TPSA) is 61.4 Å². The van der Waals surface area contributed by atoms with Crippen molar-refractivity contribution in [1.82, 2.24) is 29.1 Å². The molecule has 262 valence electrons. The summed E-state index contributed by atoms with van der Waals surface area (Å²) >= 11 is 0. The molecule has 0 aliphatic heterocycles. The molecule has 0 N–H and O–H groups in total. The van der Waals surface area contributed by atoms with E-state index in [1.54, 1.807) is 0 Å². The number of nitrogens with zero attached hydrogens (tertiary/aromatic N) is 6. The molecular formula is C50H32N6. The number of pyridine rings is 1. The third-order valence-corrected chi connectivity index (χ3v) is 10.6. The first-order valence-electron chi connectivity index (χ1n) is 18.7. The van der Waals surface area contributed by atoms with Gasteiger partial charge < -0.3 is 9.13 Å². The van der Waals surface area contributed by atoms with Crippen molar-refractivity contribution in [3.05, 3.63) is 194 Å². The monoisotopic (exact) mass is 716 g/mol. The average Bonchev–Trinajstić information content (AvgIpc) is 3.80. The third kappa shape index (κ3) is 5.19. The standard InChI is InChI=1S/C50H32N6/c1-4-15-33(16-5-1)48-52-49(34-17-6-2-7-18-34)54-50(53-48)36-19-12-22-38(31-36)55-44-29-28-35(32-42(44)46-45(55)27-14-30-51-46)39-24-13-25-41-40-23-10-11-26-43(40)56(47(39)41)37-20-8-3-9-21-37/h1-32H. The van der Waals surface area contributed by atoms with Gasteiger partial charge in [0, 0.05) is 56.0 Å². The first kappa shape index (κ1) is 31.8. The van der Waals surface area contributed by atoms with Gasteiger partial charge in [-0.25, -0.2) is 15.0 Å². The normalized spacial score (nSPS) is 11.6. The van der Waals surface area contributed by atoms with Crippen LogP contribution in [0.5, 0.6) is 0 Å². The summed E-state index contributed by atoms with van der Waals surface area (Å²) in [7, 11) is 0. The minimum atomic E-state index is 0.614. The largest absolute Gasteiger partial charge is 0.309 e. The van der Waals surface area contributed by atoms with Gasteiger partial charge >= 0.3 is 0 Å². The Morgan fingerprint density at radius 2 is 0.911 bits per heavy atom. The number of hydrogen-bond acceptors (Lipinski definition) is 4. The molecule has 6 nitrogen and oxygen atoms in total. The second-order valence-electron chi connectivity index (χ2n) is 13.9. The molecule has 0 saturated carbocycles. The van der Waals surface area contributed by atoms with E-state index >= 15 is 0 Å². The highest BCUT2D eigenvalue weighted by Crippen LogP contribution is 2.40. The molecule has 7 aromatic carbocycles. The zero-order valence-corrected chi connectivity index (χ0v) is 30.2. The van der Waals surface area contributed by atoms with Gasteiger partial charge in [0.15, 0.2) is 17.5 Å². The molecule has 11 rings (SSSR count). The number of benzene rings is 7. The summed E-state index contributed by atoms with van der Waals surface area (Å²) in [6.45, 7) is 0. The van der Waals surface area contributed by atoms with Gasteiger partial charge in [-0.05, 0) is 60.2 Å². The number of para-hydroxylation sites is 3. The van der Waals surface area contributed by atoms with Crippen LogP contribution >= 0.6 is 0 Å². The van der Waals surface area contributed by atoms with Gasteiger partial charge in [0.05, 0.1) is 27.6 Å². The molecule has 0 bridgehead atoms. The van der Waals surface area contributed by atoms with E-state index in [9.17, 15) is 0 Å². The average molecular weight is 717 g/mol. The summed E-state index contributed by atoms with van der Waals surface area (Å²) in [5.74, 6) is 1.88. The molecule has 0 atom stereocenters. The van der Waals surface area contributed by atoms with Crippen molar-refractivity contribution in [3.63, 3.8) is 0 Å². The summed E-state index contributed by atoms with van der Waals surface area (Å²) in [6.07, 6.45) is 1.88. The molecule has 0 amide bonds. The Bertz CT molecular complexity index is 3180. The highest BCUT2D eigenvalue weighted by Gasteiger charge is 2.20. The quantitative estimate of drug-likeness (QED) is 0.172. The van der Waals surface area contributed by atoms with Crippen LogP contribution in [0.1, 0.15) is 0 Å². The highest BCUT2D eigenvalue weighted by molar-refractivity contribution is 6.15. The lowest BCUT2D eigenvalue weighted by Crippen LogP contribution is -2.01. The SMILES string of the molecule is c1ccc(-c2nc(-c3ccccc3)nc(-c3cccc(-n4c5ccc(-c6cccc7c8ccccc8n(-c8ccccc8)c67)cc5c5ncccc54)c3)n2)cc1. The van der Waals surface area contributed by atoms with Crippen LogP contribution < -0.4 is 0 Å². The predicted molar refractivity (Wildman–Crippen MR) is 228 cm³/mol. The molecular weight excluding hydrogens is 685 g/mol. The summed E-state index contributed by atoms with van der Waals surface area (Å²) in [5, 5.41) is 3.54. The van der Waals surface area contributed by atoms with Crippen molar-refractivity contribution >= 4 is 43.7 Å². The Morgan fingerprint density at radius 1 is 0.339 bits per heavy atom. The van der Waals surface area contributed by atoms with Crippen LogP contribution in [0.15, 0.2) is 194 Å². The lowest BCUT2D eigenvalue weighted by Gasteiger charge is -2.13. The smallest absolute Gasteiger partial charge is 0.164 e. The van der Waals surface area contributed by atoms with Gasteiger partial charge in [0.2, 0.25) is 0 Å². The van der Waals surface area contributed by atoms with Gasteiger partial charge in [-0.2, -0.15) is 0 Å². The summed E-state index contributed by atoms with van der Waals surface area (Å²) in [5.41, 5.74) is 12.6. The number of rotatable bonds is 6. The van der Waals surface area contributed by atoms with Crippen LogP contribution in [-0.4, -0.2) is 29.1 Å². The Balaban J connectivity index is 1.09. The van der Waals surface area contributed by atoms with E-state index in [1.165, 1.54) is 27.4 Å². The molecule has 0 saturated heterocycles. The molecule has 4 heterocycles. The Kier molecular flexibility index (Phi) is 7.38. The Hall–Kier alpha value is -7.70. The maximum Gasteiger partial charge on any atom is 0.164 e. The molecule has 0 fully saturated rings. The maximum atomic E-state index is 5.02. The summed E-state index contributed by atoms with van der Waals surface area (Å²) in [6, 6.07) is 65.5. The fourth-order valence-corrected chi connectivity index (χ4v) is 8.10. The molecule has 0 radical (unpaired) electrons. The molecule has 4 aromatic heterocycles. The van der Waals surface area contributed by atoms with Gasteiger partial charge in [-0.15, -0.1) is 0 Å². The number of aromatic nitrogens is 6. The van der Waals surface area contributed by atoms with Crippen molar-refractivity contribution < 1.29 is 0 Å². The highest BCUT2D eigenvalue weighted by atomic mass is 15.0. The zero-order valence-electron chi connectivity index (χ0n) is 30.2. The van der Waals surface area contributed by atoms with Crippen molar-refractivity contribution in [3.8, 4) is 56.7 Å². The molecule has 6 heteroatoms. The van der Waals surface area contributed by atoms with Crippen molar-refractivity contribution in [2.75, 3.05) is 0 Å². The number of hydrogen-bond donors (Lipinski definition) is 0. The molecule has 0 spiro atoms. The van der Waals surface area contributed by atoms with Crippen LogP contribution in [0.2, 0.25) is 0 Å². The maximum absolute atomic E-state index is 5.02. The summed E-state index contributed by atoms with van der Waals surface area (Å²) < 4.78 is 4.69. The van der Waals surface area contributed by atoms with E-state index in [-0.39, 0.29) is 0 Å². The van der Waals surface area contributed by atoms with Crippen LogP contribution in [0.4, 0.5) is 0 Å². The fraction of sp³-hybridized carbons (Fsp3) is 0. The second kappa shape index (κ2) is 13.0. The molecule has 0 unspecified atom stereocenters. The van der Waals surface area contributed by atoms with Crippen molar-refractivity contribution in [2.24, 2.45) is 0 Å². The third-order valence-electron chi connectivity index (χ3n) is 10.6. The van der Waals surface area contributed by atoms with E-state index < -0.39 is 0 Å². The van der Waals surface area contributed by atoms with E-state index in [1.807, 2.05) is 72.9 Å². The van der Waals surface area contributed by atoms with Gasteiger partial charge in [0.1, 0.15) is 0 Å². The first-order chi connectivity index (χ1) is 27.8. The lowest BCUT2D eigenvalue weighted by molar-refractivity contribution is 1.07. The summed E-state index contributed by atoms with van der Waals surface area (Å²) in [4.78, 5) is 19.9. The van der Waals surface area contributed by atoms with Crippen LogP contribution in [0.3, 0.4) is 0 Å². The van der Waals surface area contributed by atoms with Crippen LogP contribution in [0.25, 0.3) is 100 Å². The predicted octanol–water partition coefficient (Wildman–Crippen LogP) is 12.1. The second-order valence-corrected chi connectivity index (χ2v) is 13.9. The molecule has 56 heavy (non-hydrogen) atoms. The number of fused-ring (bicyclic) bond motifs is 6. The minimum absolute atomic E-state index is 0.614.